The van der Waals surface area contributed by atoms with Gasteiger partial charge in [0.2, 0.25) is 5.88 Å². The summed E-state index contributed by atoms with van der Waals surface area (Å²) >= 11 is 0. The molecular weight excluding hydrogens is 630 g/mol. The fourth-order valence-corrected chi connectivity index (χ4v) is 8.99. The van der Waals surface area contributed by atoms with E-state index >= 15 is 4.39 Å². The van der Waals surface area contributed by atoms with Gasteiger partial charge in [-0.05, 0) is 56.7 Å². The maximum absolute atomic E-state index is 15.9. The third kappa shape index (κ3) is 5.22. The number of pyridine rings is 1. The highest BCUT2D eigenvalue weighted by Gasteiger charge is 2.50. The molecule has 11 nitrogen and oxygen atoms in total. The maximum Gasteiger partial charge on any atom is 0.276 e. The van der Waals surface area contributed by atoms with Crippen LogP contribution in [0.3, 0.4) is 0 Å². The van der Waals surface area contributed by atoms with Crippen LogP contribution >= 0.6 is 0 Å². The molecule has 5 aliphatic rings. The van der Waals surface area contributed by atoms with Crippen molar-refractivity contribution in [1.29, 1.82) is 5.26 Å². The van der Waals surface area contributed by atoms with Crippen molar-refractivity contribution < 1.29 is 23.0 Å². The first-order chi connectivity index (χ1) is 23.6. The molecule has 6 heterocycles. The van der Waals surface area contributed by atoms with E-state index in [4.69, 9.17) is 20.2 Å². The van der Waals surface area contributed by atoms with Crippen molar-refractivity contribution in [3.05, 3.63) is 63.4 Å². The Labute approximate surface area is 284 Å². The number of aromatic nitrogens is 3. The van der Waals surface area contributed by atoms with Crippen molar-refractivity contribution in [2.75, 3.05) is 51.0 Å². The van der Waals surface area contributed by atoms with Crippen molar-refractivity contribution >= 4 is 17.3 Å². The molecule has 49 heavy (non-hydrogen) atoms. The van der Waals surface area contributed by atoms with Crippen molar-refractivity contribution in [3.63, 3.8) is 0 Å². The summed E-state index contributed by atoms with van der Waals surface area (Å²) in [5, 5.41) is 14.6. The average Bonchev–Trinajstić information content (AvgIpc) is 3.65. The molecule has 0 bridgehead atoms. The zero-order valence-electron chi connectivity index (χ0n) is 28.1. The van der Waals surface area contributed by atoms with Crippen molar-refractivity contribution in [1.82, 2.24) is 24.6 Å². The number of carbonyl (C=O) groups excluding carboxylic acids is 1. The number of ether oxygens (including phenoxy) is 2. The molecule has 1 aliphatic carbocycles. The standard InChI is InChI=1S/C36H42F2N8O3/c1-43(2)34(47)33-32(38)29-19-44(11-5-13-46(29)42-33)28-14-30(48-21-35-9-4-12-45(35)18-23(37)15-35)41-27-16-36(49-20-25(27)28)10-3-6-22-7-8-26(40)24(17-39)31(22)36/h7-8,14,23H,3-6,9-13,15-16,18-21,40H2,1-2H3. The number of carbonyl (C=O) groups is 1. The predicted octanol–water partition coefficient (Wildman–Crippen LogP) is 4.24. The van der Waals surface area contributed by atoms with Gasteiger partial charge in [-0.2, -0.15) is 10.4 Å². The zero-order valence-corrected chi connectivity index (χ0v) is 28.1. The van der Waals surface area contributed by atoms with Gasteiger partial charge in [-0.3, -0.25) is 14.4 Å². The molecule has 2 saturated heterocycles. The van der Waals surface area contributed by atoms with Crippen molar-refractivity contribution in [2.24, 2.45) is 0 Å². The molecule has 1 spiro atoms. The van der Waals surface area contributed by atoms with Gasteiger partial charge in [0.1, 0.15) is 24.4 Å². The molecule has 258 valence electrons. The molecular formula is C36H42F2N8O3. The summed E-state index contributed by atoms with van der Waals surface area (Å²) in [4.78, 5) is 23.5. The molecule has 2 aromatic heterocycles. The van der Waals surface area contributed by atoms with Gasteiger partial charge in [0.15, 0.2) is 11.5 Å². The van der Waals surface area contributed by atoms with Gasteiger partial charge in [-0.25, -0.2) is 13.8 Å². The van der Waals surface area contributed by atoms with Gasteiger partial charge in [-0.1, -0.05) is 6.07 Å². The summed E-state index contributed by atoms with van der Waals surface area (Å²) in [5.41, 5.74) is 10.7. The van der Waals surface area contributed by atoms with Gasteiger partial charge in [0.05, 0.1) is 35.6 Å². The zero-order chi connectivity index (χ0) is 34.1. The normalized spacial score (nSPS) is 26.0. The van der Waals surface area contributed by atoms with Crippen LogP contribution in [0.4, 0.5) is 20.2 Å². The SMILES string of the molecule is CN(C)C(=O)c1nn2c(c1F)CN(c1cc(OCC34CCCN3CC(F)C4)nc3c1COC1(CCCc4ccc(N)c(C#N)c41)C3)CCC2. The minimum absolute atomic E-state index is 0.181. The Morgan fingerprint density at radius 1 is 1.22 bits per heavy atom. The summed E-state index contributed by atoms with van der Waals surface area (Å²) < 4.78 is 45.4. The van der Waals surface area contributed by atoms with E-state index in [0.717, 1.165) is 60.3 Å². The highest BCUT2D eigenvalue weighted by molar-refractivity contribution is 5.92. The number of nitrogens with two attached hydrogens (primary N) is 1. The fraction of sp³-hybridized carbons (Fsp3) is 0.556. The number of nitrogen functional groups attached to an aromatic ring is 1. The fourth-order valence-electron chi connectivity index (χ4n) is 8.99. The van der Waals surface area contributed by atoms with Crippen LogP contribution in [-0.2, 0) is 42.9 Å². The number of hydrogen-bond acceptors (Lipinski definition) is 9. The second kappa shape index (κ2) is 11.9. The van der Waals surface area contributed by atoms with E-state index in [2.05, 4.69) is 21.0 Å². The van der Waals surface area contributed by atoms with Gasteiger partial charge in [0, 0.05) is 75.1 Å². The monoisotopic (exact) mass is 672 g/mol. The molecule has 2 fully saturated rings. The minimum Gasteiger partial charge on any atom is -0.476 e. The number of benzene rings is 1. The number of fused-ring (bicyclic) bond motifs is 5. The highest BCUT2D eigenvalue weighted by atomic mass is 19.1. The van der Waals surface area contributed by atoms with E-state index in [0.29, 0.717) is 74.7 Å². The molecule has 3 atom stereocenters. The molecule has 8 rings (SSSR count). The summed E-state index contributed by atoms with van der Waals surface area (Å²) in [5.74, 6) is -0.656. The lowest BCUT2D eigenvalue weighted by Gasteiger charge is -2.43. The number of anilines is 2. The lowest BCUT2D eigenvalue weighted by Crippen LogP contribution is -2.43. The number of amides is 1. The number of halogens is 2. The molecule has 13 heteroatoms. The van der Waals surface area contributed by atoms with Gasteiger partial charge >= 0.3 is 0 Å². The first-order valence-electron chi connectivity index (χ1n) is 17.3. The topological polar surface area (TPSA) is 126 Å². The summed E-state index contributed by atoms with van der Waals surface area (Å²) in [7, 11) is 3.16. The van der Waals surface area contributed by atoms with Crippen LogP contribution in [0.25, 0.3) is 0 Å². The number of aryl methyl sites for hydroxylation is 2. The molecule has 1 aromatic carbocycles. The number of nitriles is 1. The van der Waals surface area contributed by atoms with Crippen LogP contribution in [0.15, 0.2) is 18.2 Å². The third-order valence-corrected chi connectivity index (χ3v) is 11.4. The van der Waals surface area contributed by atoms with E-state index in [1.165, 1.54) is 4.90 Å². The molecule has 2 N–H and O–H groups in total. The van der Waals surface area contributed by atoms with E-state index in [1.54, 1.807) is 24.8 Å². The Hall–Kier alpha value is -4.28. The van der Waals surface area contributed by atoms with Crippen LogP contribution < -0.4 is 15.4 Å². The molecule has 3 aromatic rings. The number of alkyl halides is 1. The number of rotatable bonds is 5. The Balaban J connectivity index is 1.19. The summed E-state index contributed by atoms with van der Waals surface area (Å²) in [6, 6.07) is 8.05. The Bertz CT molecular complexity index is 1870. The first kappa shape index (κ1) is 32.0. The second-order valence-corrected chi connectivity index (χ2v) is 14.6. The van der Waals surface area contributed by atoms with Crippen molar-refractivity contribution in [3.8, 4) is 11.9 Å². The van der Waals surface area contributed by atoms with Crippen LogP contribution in [0.2, 0.25) is 0 Å². The minimum atomic E-state index is -0.873. The first-order valence-corrected chi connectivity index (χ1v) is 17.3. The summed E-state index contributed by atoms with van der Waals surface area (Å²) in [6.07, 6.45) is 5.00. The van der Waals surface area contributed by atoms with Gasteiger partial charge in [-0.15, -0.1) is 0 Å². The Morgan fingerprint density at radius 3 is 2.90 bits per heavy atom. The van der Waals surface area contributed by atoms with Crippen LogP contribution in [-0.4, -0.2) is 82.5 Å². The molecule has 3 unspecified atom stereocenters. The van der Waals surface area contributed by atoms with Gasteiger partial charge in [0.25, 0.3) is 5.91 Å². The lowest BCUT2D eigenvalue weighted by atomic mass is 9.72. The third-order valence-electron chi connectivity index (χ3n) is 11.4. The maximum atomic E-state index is 15.9. The van der Waals surface area contributed by atoms with E-state index in [9.17, 15) is 14.4 Å². The largest absolute Gasteiger partial charge is 0.476 e. The summed E-state index contributed by atoms with van der Waals surface area (Å²) in [6.45, 7) is 3.14. The highest BCUT2D eigenvalue weighted by Crippen LogP contribution is 2.49. The molecule has 0 radical (unpaired) electrons. The predicted molar refractivity (Wildman–Crippen MR) is 177 cm³/mol. The van der Waals surface area contributed by atoms with Crippen molar-refractivity contribution in [2.45, 2.75) is 88.4 Å². The van der Waals surface area contributed by atoms with E-state index in [1.807, 2.05) is 12.1 Å². The molecule has 4 aliphatic heterocycles. The van der Waals surface area contributed by atoms with E-state index < -0.39 is 23.5 Å². The lowest BCUT2D eigenvalue weighted by molar-refractivity contribution is -0.0855. The van der Waals surface area contributed by atoms with E-state index in [-0.39, 0.29) is 24.4 Å². The van der Waals surface area contributed by atoms with Crippen LogP contribution in [0, 0.1) is 17.1 Å². The van der Waals surface area contributed by atoms with Gasteiger partial charge < -0.3 is 25.0 Å². The smallest absolute Gasteiger partial charge is 0.276 e. The van der Waals surface area contributed by atoms with Crippen LogP contribution in [0.5, 0.6) is 5.88 Å². The quantitative estimate of drug-likeness (QED) is 0.396. The average molecular weight is 673 g/mol. The Morgan fingerprint density at radius 2 is 2.08 bits per heavy atom. The number of nitrogens with zero attached hydrogens (tertiary/aromatic N) is 7. The molecule has 1 amide bonds. The number of hydrogen-bond donors (Lipinski definition) is 1. The second-order valence-electron chi connectivity index (χ2n) is 14.6. The molecule has 0 saturated carbocycles. The Kier molecular flexibility index (Phi) is 7.79. The van der Waals surface area contributed by atoms with Crippen LogP contribution in [0.1, 0.15) is 82.7 Å².